The first-order valence-electron chi connectivity index (χ1n) is 9.64. The smallest absolute Gasteiger partial charge is 0.149 e. The quantitative estimate of drug-likeness (QED) is 0.558. The third-order valence-electron chi connectivity index (χ3n) is 5.34. The maximum absolute atomic E-state index is 9.89. The van der Waals surface area contributed by atoms with Gasteiger partial charge in [-0.1, -0.05) is 0 Å². The molecule has 0 unspecified atom stereocenters. The topological polar surface area (TPSA) is 86.1 Å². The minimum absolute atomic E-state index is 0.230. The molecule has 4 aromatic heterocycles. The van der Waals surface area contributed by atoms with Crippen molar-refractivity contribution in [2.45, 2.75) is 38.3 Å². The molecule has 1 saturated carbocycles. The molecule has 0 aliphatic heterocycles. The van der Waals surface area contributed by atoms with E-state index in [4.69, 9.17) is 4.98 Å². The number of aryl methyl sites for hydroxylation is 1. The van der Waals surface area contributed by atoms with E-state index >= 15 is 0 Å². The summed E-state index contributed by atoms with van der Waals surface area (Å²) in [4.78, 5) is 9.34. The number of fused-ring (bicyclic) bond motifs is 1. The van der Waals surface area contributed by atoms with Gasteiger partial charge in [0.15, 0.2) is 0 Å². The Morgan fingerprint density at radius 1 is 1.18 bits per heavy atom. The Labute approximate surface area is 162 Å². The van der Waals surface area contributed by atoms with E-state index in [0.717, 1.165) is 34.7 Å². The molecule has 5 rings (SSSR count). The number of aliphatic hydroxyl groups excluding tert-OH is 1. The molecular formula is C20H23N7O. The highest BCUT2D eigenvalue weighted by molar-refractivity contribution is 5.68. The molecule has 0 bridgehead atoms. The molecule has 2 atom stereocenters. The zero-order valence-electron chi connectivity index (χ0n) is 16.0. The van der Waals surface area contributed by atoms with Crippen LogP contribution in [0.25, 0.3) is 28.3 Å². The molecule has 1 aliphatic carbocycles. The fourth-order valence-electron chi connectivity index (χ4n) is 3.81. The van der Waals surface area contributed by atoms with Crippen LogP contribution in [-0.2, 0) is 7.05 Å². The summed E-state index contributed by atoms with van der Waals surface area (Å²) in [5.74, 6) is 1.40. The lowest BCUT2D eigenvalue weighted by Gasteiger charge is -2.18. The highest BCUT2D eigenvalue weighted by Gasteiger charge is 2.34. The molecule has 1 fully saturated rings. The van der Waals surface area contributed by atoms with Crippen molar-refractivity contribution >= 4 is 5.65 Å². The molecule has 0 amide bonds. The molecule has 144 valence electrons. The van der Waals surface area contributed by atoms with E-state index in [1.54, 1.807) is 17.1 Å². The minimum Gasteiger partial charge on any atom is -0.393 e. The number of hydrogen-bond donors (Lipinski definition) is 1. The molecular weight excluding hydrogens is 354 g/mol. The van der Waals surface area contributed by atoms with Crippen LogP contribution in [0.2, 0.25) is 0 Å². The van der Waals surface area contributed by atoms with Crippen LogP contribution >= 0.6 is 0 Å². The van der Waals surface area contributed by atoms with Crippen LogP contribution in [0.1, 0.15) is 32.2 Å². The summed E-state index contributed by atoms with van der Waals surface area (Å²) in [6.45, 7) is 1.84. The molecule has 4 aromatic rings. The van der Waals surface area contributed by atoms with Crippen molar-refractivity contribution in [3.8, 4) is 22.6 Å². The first kappa shape index (κ1) is 17.1. The second-order valence-corrected chi connectivity index (χ2v) is 7.72. The number of imidazole rings is 1. The van der Waals surface area contributed by atoms with Crippen LogP contribution in [-0.4, -0.2) is 45.1 Å². The van der Waals surface area contributed by atoms with Crippen LogP contribution in [0.4, 0.5) is 0 Å². The summed E-state index contributed by atoms with van der Waals surface area (Å²) in [5, 5.41) is 18.8. The van der Waals surface area contributed by atoms with Gasteiger partial charge in [0.25, 0.3) is 0 Å². The second-order valence-electron chi connectivity index (χ2n) is 7.72. The highest BCUT2D eigenvalue weighted by atomic mass is 16.3. The van der Waals surface area contributed by atoms with Gasteiger partial charge in [-0.25, -0.2) is 9.97 Å². The molecule has 28 heavy (non-hydrogen) atoms. The maximum Gasteiger partial charge on any atom is 0.149 e. The number of aromatic nitrogens is 7. The van der Waals surface area contributed by atoms with Crippen molar-refractivity contribution in [2.75, 3.05) is 0 Å². The third kappa shape index (κ3) is 3.09. The van der Waals surface area contributed by atoms with Crippen molar-refractivity contribution in [1.29, 1.82) is 0 Å². The molecule has 0 spiro atoms. The van der Waals surface area contributed by atoms with E-state index in [2.05, 4.69) is 15.2 Å². The number of hydrogen-bond acceptors (Lipinski definition) is 5. The largest absolute Gasteiger partial charge is 0.393 e. The Balaban J connectivity index is 1.57. The van der Waals surface area contributed by atoms with Crippen molar-refractivity contribution in [3.63, 3.8) is 0 Å². The van der Waals surface area contributed by atoms with Crippen molar-refractivity contribution in [2.24, 2.45) is 13.0 Å². The zero-order chi connectivity index (χ0) is 19.3. The SMILES string of the molecule is C[C@@H](O)C[C@H](C1CC1)n1cc(-c2nc(-c3cnn(C)c3)cc3nccn23)cn1. The molecule has 1 aliphatic rings. The first-order valence-corrected chi connectivity index (χ1v) is 9.64. The van der Waals surface area contributed by atoms with Crippen LogP contribution in [0, 0.1) is 5.92 Å². The Kier molecular flexibility index (Phi) is 4.01. The predicted octanol–water partition coefficient (Wildman–Crippen LogP) is 2.72. The lowest BCUT2D eigenvalue weighted by molar-refractivity contribution is 0.151. The van der Waals surface area contributed by atoms with Gasteiger partial charge in [-0.15, -0.1) is 0 Å². The van der Waals surface area contributed by atoms with Crippen LogP contribution < -0.4 is 0 Å². The van der Waals surface area contributed by atoms with Gasteiger partial charge < -0.3 is 5.11 Å². The Morgan fingerprint density at radius 3 is 2.71 bits per heavy atom. The van der Waals surface area contributed by atoms with Crippen molar-refractivity contribution in [3.05, 3.63) is 43.2 Å². The Hall–Kier alpha value is -3.00. The van der Waals surface area contributed by atoms with E-state index < -0.39 is 0 Å². The Morgan fingerprint density at radius 2 is 2.00 bits per heavy atom. The van der Waals surface area contributed by atoms with Crippen LogP contribution in [0.15, 0.2) is 43.2 Å². The van der Waals surface area contributed by atoms with E-state index in [1.165, 1.54) is 12.8 Å². The monoisotopic (exact) mass is 377 g/mol. The van der Waals surface area contributed by atoms with Crippen molar-refractivity contribution < 1.29 is 5.11 Å². The van der Waals surface area contributed by atoms with Crippen LogP contribution in [0.3, 0.4) is 0 Å². The van der Waals surface area contributed by atoms with Crippen molar-refractivity contribution in [1.82, 2.24) is 33.9 Å². The normalized spacial score (nSPS) is 16.5. The lowest BCUT2D eigenvalue weighted by atomic mass is 10.1. The molecule has 8 heteroatoms. The van der Waals surface area contributed by atoms with Gasteiger partial charge in [-0.3, -0.25) is 13.8 Å². The van der Waals surface area contributed by atoms with Gasteiger partial charge in [0, 0.05) is 43.5 Å². The average Bonchev–Trinajstić information content (AvgIpc) is 3.07. The maximum atomic E-state index is 9.89. The molecule has 0 radical (unpaired) electrons. The average molecular weight is 377 g/mol. The summed E-state index contributed by atoms with van der Waals surface area (Å²) < 4.78 is 5.74. The fraction of sp³-hybridized carbons (Fsp3) is 0.400. The van der Waals surface area contributed by atoms with Gasteiger partial charge >= 0.3 is 0 Å². The second kappa shape index (κ2) is 6.56. The summed E-state index contributed by atoms with van der Waals surface area (Å²) in [5.41, 5.74) is 3.55. The number of aliphatic hydroxyl groups is 1. The fourth-order valence-corrected chi connectivity index (χ4v) is 3.81. The molecule has 0 saturated heterocycles. The van der Waals surface area contributed by atoms with E-state index in [0.29, 0.717) is 5.92 Å². The minimum atomic E-state index is -0.342. The summed E-state index contributed by atoms with van der Waals surface area (Å²) in [6, 6.07) is 2.19. The summed E-state index contributed by atoms with van der Waals surface area (Å²) in [7, 11) is 1.89. The highest BCUT2D eigenvalue weighted by Crippen LogP contribution is 2.42. The van der Waals surface area contributed by atoms with Crippen LogP contribution in [0.5, 0.6) is 0 Å². The predicted molar refractivity (Wildman–Crippen MR) is 104 cm³/mol. The van der Waals surface area contributed by atoms with E-state index in [9.17, 15) is 5.11 Å². The van der Waals surface area contributed by atoms with Gasteiger partial charge in [-0.05, 0) is 32.1 Å². The molecule has 1 N–H and O–H groups in total. The van der Waals surface area contributed by atoms with Gasteiger partial charge in [0.05, 0.1) is 35.8 Å². The standard InChI is InChI=1S/C20H23N7O/c1-13(28)7-18(14-3-4-14)27-12-16(10-23-27)20-24-17(15-9-22-25(2)11-15)8-19-21-5-6-26(19)20/h5-6,8-14,18,28H,3-4,7H2,1-2H3/t13-,18-/m1/s1. The van der Waals surface area contributed by atoms with Gasteiger partial charge in [-0.2, -0.15) is 10.2 Å². The molecule has 8 nitrogen and oxygen atoms in total. The molecule has 4 heterocycles. The summed E-state index contributed by atoms with van der Waals surface area (Å²) >= 11 is 0. The number of rotatable bonds is 6. The Bertz CT molecular complexity index is 1120. The third-order valence-corrected chi connectivity index (χ3v) is 5.34. The number of nitrogens with zero attached hydrogens (tertiary/aromatic N) is 7. The van der Waals surface area contributed by atoms with E-state index in [-0.39, 0.29) is 12.1 Å². The first-order chi connectivity index (χ1) is 13.6. The molecule has 0 aromatic carbocycles. The summed E-state index contributed by atoms with van der Waals surface area (Å²) in [6.07, 6.45) is 14.1. The van der Waals surface area contributed by atoms with E-state index in [1.807, 2.05) is 53.9 Å². The van der Waals surface area contributed by atoms with Gasteiger partial charge in [0.2, 0.25) is 0 Å². The lowest BCUT2D eigenvalue weighted by Crippen LogP contribution is -2.17. The zero-order valence-corrected chi connectivity index (χ0v) is 16.0. The van der Waals surface area contributed by atoms with Gasteiger partial charge in [0.1, 0.15) is 11.5 Å².